The summed E-state index contributed by atoms with van der Waals surface area (Å²) in [7, 11) is 1.97. The molecule has 0 radical (unpaired) electrons. The number of rotatable bonds is 3. The zero-order valence-electron chi connectivity index (χ0n) is 9.63. The van der Waals surface area contributed by atoms with Gasteiger partial charge in [0.2, 0.25) is 0 Å². The molecule has 1 heterocycles. The number of benzene rings is 1. The molecule has 90 valence electrons. The molecular formula is C13H13BrClNS. The molecule has 0 bridgehead atoms. The van der Waals surface area contributed by atoms with Crippen molar-refractivity contribution in [2.75, 3.05) is 7.05 Å². The van der Waals surface area contributed by atoms with E-state index in [0.717, 1.165) is 15.1 Å². The van der Waals surface area contributed by atoms with Crippen LogP contribution in [0.25, 0.3) is 0 Å². The van der Waals surface area contributed by atoms with Crippen LogP contribution in [0.5, 0.6) is 0 Å². The molecule has 1 aromatic carbocycles. The van der Waals surface area contributed by atoms with Gasteiger partial charge in [-0.15, -0.1) is 11.3 Å². The molecule has 0 saturated carbocycles. The molecule has 0 aliphatic rings. The number of hydrogen-bond acceptors (Lipinski definition) is 2. The lowest BCUT2D eigenvalue weighted by atomic mass is 10.0. The number of hydrogen-bond donors (Lipinski definition) is 1. The summed E-state index contributed by atoms with van der Waals surface area (Å²) in [5, 5.41) is 6.25. The van der Waals surface area contributed by atoms with E-state index in [9.17, 15) is 0 Å². The summed E-state index contributed by atoms with van der Waals surface area (Å²) in [4.78, 5) is 1.29. The summed E-state index contributed by atoms with van der Waals surface area (Å²) >= 11 is 11.4. The Bertz CT molecular complexity index is 524. The van der Waals surface area contributed by atoms with E-state index >= 15 is 0 Å². The van der Waals surface area contributed by atoms with Crippen molar-refractivity contribution in [3.05, 3.63) is 55.1 Å². The predicted octanol–water partition coefficient (Wildman–Crippen LogP) is 4.78. The second kappa shape index (κ2) is 5.53. The molecule has 2 aromatic rings. The van der Waals surface area contributed by atoms with E-state index in [-0.39, 0.29) is 6.04 Å². The highest BCUT2D eigenvalue weighted by atomic mass is 79.9. The number of thiophene rings is 1. The fourth-order valence-corrected chi connectivity index (χ4v) is 3.66. The third kappa shape index (κ3) is 2.74. The molecule has 0 spiro atoms. The standard InChI is InChI=1S/C13H13BrClNS/c1-8-7-9(3-4-11(8)15)12(16-2)13-10(14)5-6-17-13/h3-7,12,16H,1-2H3. The van der Waals surface area contributed by atoms with Gasteiger partial charge in [-0.25, -0.2) is 0 Å². The van der Waals surface area contributed by atoms with Crippen molar-refractivity contribution in [3.8, 4) is 0 Å². The second-order valence-corrected chi connectivity index (χ2v) is 6.07. The van der Waals surface area contributed by atoms with Crippen LogP contribution in [-0.2, 0) is 0 Å². The Labute approximate surface area is 119 Å². The van der Waals surface area contributed by atoms with Gasteiger partial charge in [-0.3, -0.25) is 0 Å². The van der Waals surface area contributed by atoms with Crippen LogP contribution < -0.4 is 5.32 Å². The van der Waals surface area contributed by atoms with E-state index in [1.54, 1.807) is 11.3 Å². The molecule has 4 heteroatoms. The molecule has 1 aromatic heterocycles. The fraction of sp³-hybridized carbons (Fsp3) is 0.231. The zero-order valence-corrected chi connectivity index (χ0v) is 12.8. The van der Waals surface area contributed by atoms with Gasteiger partial charge in [-0.05, 0) is 58.5 Å². The zero-order chi connectivity index (χ0) is 12.4. The normalized spacial score (nSPS) is 12.7. The number of halogens is 2. The smallest absolute Gasteiger partial charge is 0.0680 e. The Morgan fingerprint density at radius 1 is 1.35 bits per heavy atom. The molecule has 0 saturated heterocycles. The lowest BCUT2D eigenvalue weighted by Gasteiger charge is -2.17. The monoisotopic (exact) mass is 329 g/mol. The SMILES string of the molecule is CNC(c1ccc(Cl)c(C)c1)c1sccc1Br. The Balaban J connectivity index is 2.42. The maximum absolute atomic E-state index is 6.06. The van der Waals surface area contributed by atoms with E-state index in [4.69, 9.17) is 11.6 Å². The summed E-state index contributed by atoms with van der Waals surface area (Å²) in [6.45, 7) is 2.03. The van der Waals surface area contributed by atoms with Gasteiger partial charge >= 0.3 is 0 Å². The Kier molecular flexibility index (Phi) is 4.26. The number of nitrogens with one attached hydrogen (secondary N) is 1. The average Bonchev–Trinajstić information content (AvgIpc) is 2.71. The minimum atomic E-state index is 0.209. The van der Waals surface area contributed by atoms with Crippen LogP contribution in [0.4, 0.5) is 0 Å². The molecule has 1 atom stereocenters. The predicted molar refractivity (Wildman–Crippen MR) is 79.1 cm³/mol. The Morgan fingerprint density at radius 3 is 2.65 bits per heavy atom. The van der Waals surface area contributed by atoms with Crippen LogP contribution in [0.15, 0.2) is 34.1 Å². The van der Waals surface area contributed by atoms with Crippen molar-refractivity contribution in [2.24, 2.45) is 0 Å². The summed E-state index contributed by atoms with van der Waals surface area (Å²) in [5.41, 5.74) is 2.34. The first-order chi connectivity index (χ1) is 8.13. The quantitative estimate of drug-likeness (QED) is 0.854. The molecule has 1 nitrogen and oxygen atoms in total. The first-order valence-electron chi connectivity index (χ1n) is 5.29. The Morgan fingerprint density at radius 2 is 2.12 bits per heavy atom. The summed E-state index contributed by atoms with van der Waals surface area (Å²) < 4.78 is 1.15. The molecule has 1 unspecified atom stereocenters. The molecule has 17 heavy (non-hydrogen) atoms. The van der Waals surface area contributed by atoms with Crippen LogP contribution in [0.2, 0.25) is 5.02 Å². The minimum absolute atomic E-state index is 0.209. The van der Waals surface area contributed by atoms with Gasteiger partial charge in [-0.1, -0.05) is 23.7 Å². The van der Waals surface area contributed by atoms with Crippen molar-refractivity contribution in [3.63, 3.8) is 0 Å². The van der Waals surface area contributed by atoms with Crippen molar-refractivity contribution < 1.29 is 0 Å². The summed E-state index contributed by atoms with van der Waals surface area (Å²) in [6, 6.07) is 8.45. The Hall–Kier alpha value is -0.350. The van der Waals surface area contributed by atoms with Gasteiger partial charge in [0.05, 0.1) is 6.04 Å². The molecule has 0 amide bonds. The van der Waals surface area contributed by atoms with Crippen molar-refractivity contribution >= 4 is 38.9 Å². The molecule has 0 aliphatic carbocycles. The largest absolute Gasteiger partial charge is 0.309 e. The molecule has 2 rings (SSSR count). The van der Waals surface area contributed by atoms with Gasteiger partial charge in [0.15, 0.2) is 0 Å². The van der Waals surface area contributed by atoms with E-state index in [0.29, 0.717) is 0 Å². The highest BCUT2D eigenvalue weighted by Gasteiger charge is 2.16. The van der Waals surface area contributed by atoms with Gasteiger partial charge < -0.3 is 5.32 Å². The third-order valence-electron chi connectivity index (χ3n) is 2.71. The van der Waals surface area contributed by atoms with E-state index < -0.39 is 0 Å². The maximum atomic E-state index is 6.06. The molecule has 0 fully saturated rings. The van der Waals surface area contributed by atoms with Gasteiger partial charge in [-0.2, -0.15) is 0 Å². The summed E-state index contributed by atoms with van der Waals surface area (Å²) in [5.74, 6) is 0. The number of aryl methyl sites for hydroxylation is 1. The van der Waals surface area contributed by atoms with Crippen LogP contribution in [0.1, 0.15) is 22.0 Å². The molecule has 0 aliphatic heterocycles. The maximum Gasteiger partial charge on any atom is 0.0680 e. The first kappa shape index (κ1) is 13.1. The van der Waals surface area contributed by atoms with Crippen LogP contribution in [-0.4, -0.2) is 7.05 Å². The van der Waals surface area contributed by atoms with Gasteiger partial charge in [0.25, 0.3) is 0 Å². The highest BCUT2D eigenvalue weighted by molar-refractivity contribution is 9.10. The topological polar surface area (TPSA) is 12.0 Å². The van der Waals surface area contributed by atoms with Crippen molar-refractivity contribution in [1.29, 1.82) is 0 Å². The van der Waals surface area contributed by atoms with Gasteiger partial charge in [0, 0.05) is 14.4 Å². The van der Waals surface area contributed by atoms with Crippen LogP contribution in [0, 0.1) is 6.92 Å². The fourth-order valence-electron chi connectivity index (χ4n) is 1.81. The molecular weight excluding hydrogens is 318 g/mol. The third-order valence-corrected chi connectivity index (χ3v) is 5.07. The highest BCUT2D eigenvalue weighted by Crippen LogP contribution is 2.33. The van der Waals surface area contributed by atoms with E-state index in [1.165, 1.54) is 10.4 Å². The first-order valence-corrected chi connectivity index (χ1v) is 7.34. The minimum Gasteiger partial charge on any atom is -0.309 e. The van der Waals surface area contributed by atoms with Crippen molar-refractivity contribution in [2.45, 2.75) is 13.0 Å². The lowest BCUT2D eigenvalue weighted by molar-refractivity contribution is 0.701. The summed E-state index contributed by atoms with van der Waals surface area (Å²) in [6.07, 6.45) is 0. The van der Waals surface area contributed by atoms with E-state index in [2.05, 4.69) is 44.8 Å². The van der Waals surface area contributed by atoms with E-state index in [1.807, 2.05) is 20.0 Å². The molecule has 1 N–H and O–H groups in total. The second-order valence-electron chi connectivity index (χ2n) is 3.86. The lowest BCUT2D eigenvalue weighted by Crippen LogP contribution is -2.16. The van der Waals surface area contributed by atoms with Gasteiger partial charge in [0.1, 0.15) is 0 Å². The average molecular weight is 331 g/mol. The van der Waals surface area contributed by atoms with Crippen LogP contribution in [0.3, 0.4) is 0 Å². The van der Waals surface area contributed by atoms with Crippen molar-refractivity contribution in [1.82, 2.24) is 5.32 Å². The van der Waals surface area contributed by atoms with Crippen LogP contribution >= 0.6 is 38.9 Å².